The van der Waals surface area contributed by atoms with E-state index >= 15 is 0 Å². The summed E-state index contributed by atoms with van der Waals surface area (Å²) in [5.74, 6) is 2.42. The van der Waals surface area contributed by atoms with Gasteiger partial charge < -0.3 is 10.3 Å². The number of rotatable bonds is 5. The van der Waals surface area contributed by atoms with Crippen LogP contribution < -0.4 is 5.73 Å². The van der Waals surface area contributed by atoms with Crippen LogP contribution in [0.2, 0.25) is 0 Å². The number of hydrogen-bond acceptors (Lipinski definition) is 2. The Morgan fingerprint density at radius 3 is 2.25 bits per heavy atom. The van der Waals surface area contributed by atoms with Crippen LogP contribution in [-0.4, -0.2) is 9.55 Å². The third-order valence-electron chi connectivity index (χ3n) is 2.85. The molecule has 16 heavy (non-hydrogen) atoms. The largest absolute Gasteiger partial charge is 0.384 e. The molecule has 92 valence electrons. The number of unbranched alkanes of at least 4 members (excludes halogenated alkanes) is 1. The molecule has 2 N–H and O–H groups in total. The maximum absolute atomic E-state index is 6.18. The van der Waals surface area contributed by atoms with Gasteiger partial charge in [0.25, 0.3) is 0 Å². The molecule has 1 heterocycles. The summed E-state index contributed by atoms with van der Waals surface area (Å²) in [5.41, 5.74) is 7.27. The molecule has 0 saturated carbocycles. The summed E-state index contributed by atoms with van der Waals surface area (Å²) < 4.78 is 2.18. The second-order valence-electron chi connectivity index (χ2n) is 5.02. The van der Waals surface area contributed by atoms with Gasteiger partial charge in [0.1, 0.15) is 11.6 Å². The molecule has 0 saturated heterocycles. The predicted octanol–water partition coefficient (Wildman–Crippen LogP) is 3.51. The minimum absolute atomic E-state index is 0.389. The molecule has 0 unspecified atom stereocenters. The zero-order valence-corrected chi connectivity index (χ0v) is 11.2. The number of anilines is 1. The van der Waals surface area contributed by atoms with Gasteiger partial charge in [-0.25, -0.2) is 4.98 Å². The number of aryl methyl sites for hydroxylation is 1. The first-order valence-corrected chi connectivity index (χ1v) is 6.35. The van der Waals surface area contributed by atoms with Crippen molar-refractivity contribution in [2.45, 2.75) is 65.8 Å². The molecule has 0 atom stereocenters. The smallest absolute Gasteiger partial charge is 0.127 e. The molecule has 0 aliphatic heterocycles. The average Bonchev–Trinajstić information content (AvgIpc) is 2.53. The van der Waals surface area contributed by atoms with E-state index in [0.717, 1.165) is 30.2 Å². The van der Waals surface area contributed by atoms with Crippen molar-refractivity contribution in [2.75, 3.05) is 5.73 Å². The molecule has 0 amide bonds. The molecular weight excluding hydrogens is 198 g/mol. The van der Waals surface area contributed by atoms with Crippen LogP contribution in [0.4, 0.5) is 5.82 Å². The van der Waals surface area contributed by atoms with Crippen molar-refractivity contribution in [1.29, 1.82) is 0 Å². The van der Waals surface area contributed by atoms with Crippen LogP contribution >= 0.6 is 0 Å². The van der Waals surface area contributed by atoms with Crippen LogP contribution in [-0.2, 0) is 6.42 Å². The molecule has 0 aromatic carbocycles. The summed E-state index contributed by atoms with van der Waals surface area (Å²) in [6.07, 6.45) is 3.35. The fourth-order valence-corrected chi connectivity index (χ4v) is 1.99. The molecule has 1 aromatic rings. The van der Waals surface area contributed by atoms with E-state index in [-0.39, 0.29) is 0 Å². The van der Waals surface area contributed by atoms with Gasteiger partial charge >= 0.3 is 0 Å². The van der Waals surface area contributed by atoms with Crippen LogP contribution in [0.3, 0.4) is 0 Å². The van der Waals surface area contributed by atoms with E-state index in [9.17, 15) is 0 Å². The molecule has 0 spiro atoms. The fraction of sp³-hybridized carbons (Fsp3) is 0.769. The Hall–Kier alpha value is -0.990. The Kier molecular flexibility index (Phi) is 4.39. The maximum Gasteiger partial charge on any atom is 0.127 e. The van der Waals surface area contributed by atoms with Crippen LogP contribution in [0.15, 0.2) is 0 Å². The van der Waals surface area contributed by atoms with Gasteiger partial charge in [0.2, 0.25) is 0 Å². The SMILES string of the molecule is CCCCc1nc(C(C)C)n(C(C)C)c1N. The summed E-state index contributed by atoms with van der Waals surface area (Å²) in [6.45, 7) is 10.9. The number of hydrogen-bond donors (Lipinski definition) is 1. The highest BCUT2D eigenvalue weighted by Gasteiger charge is 2.18. The van der Waals surface area contributed by atoms with Gasteiger partial charge in [-0.15, -0.1) is 0 Å². The van der Waals surface area contributed by atoms with Gasteiger partial charge in [0.05, 0.1) is 5.69 Å². The Bertz CT molecular complexity index is 337. The van der Waals surface area contributed by atoms with Crippen molar-refractivity contribution in [3.05, 3.63) is 11.5 Å². The number of imidazole rings is 1. The Labute approximate surface area is 99.1 Å². The van der Waals surface area contributed by atoms with Crippen molar-refractivity contribution >= 4 is 5.82 Å². The van der Waals surface area contributed by atoms with Gasteiger partial charge in [-0.1, -0.05) is 27.2 Å². The van der Waals surface area contributed by atoms with Gasteiger partial charge in [0.15, 0.2) is 0 Å². The maximum atomic E-state index is 6.18. The monoisotopic (exact) mass is 223 g/mol. The number of nitrogens with two attached hydrogens (primary N) is 1. The lowest BCUT2D eigenvalue weighted by molar-refractivity contribution is 0.556. The first-order chi connectivity index (χ1) is 7.49. The summed E-state index contributed by atoms with van der Waals surface area (Å²) in [5, 5.41) is 0. The summed E-state index contributed by atoms with van der Waals surface area (Å²) in [6, 6.07) is 0.389. The third-order valence-corrected chi connectivity index (χ3v) is 2.85. The van der Waals surface area contributed by atoms with Crippen molar-refractivity contribution in [3.63, 3.8) is 0 Å². The van der Waals surface area contributed by atoms with Gasteiger partial charge in [0, 0.05) is 12.0 Å². The summed E-state index contributed by atoms with van der Waals surface area (Å²) >= 11 is 0. The van der Waals surface area contributed by atoms with Crippen LogP contribution in [0.5, 0.6) is 0 Å². The molecule has 3 nitrogen and oxygen atoms in total. The Balaban J connectivity index is 3.09. The van der Waals surface area contributed by atoms with Gasteiger partial charge in [-0.3, -0.25) is 0 Å². The number of nitrogen functional groups attached to an aromatic ring is 1. The molecule has 0 radical (unpaired) electrons. The normalized spacial score (nSPS) is 11.7. The molecule has 3 heteroatoms. The molecule has 0 aliphatic rings. The van der Waals surface area contributed by atoms with Crippen molar-refractivity contribution in [2.24, 2.45) is 0 Å². The first-order valence-electron chi connectivity index (χ1n) is 6.35. The van der Waals surface area contributed by atoms with Crippen LogP contribution in [0.25, 0.3) is 0 Å². The highest BCUT2D eigenvalue weighted by atomic mass is 15.2. The summed E-state index contributed by atoms with van der Waals surface area (Å²) in [4.78, 5) is 4.71. The van der Waals surface area contributed by atoms with E-state index in [4.69, 9.17) is 10.7 Å². The molecule has 1 aromatic heterocycles. The highest BCUT2D eigenvalue weighted by molar-refractivity contribution is 5.39. The minimum Gasteiger partial charge on any atom is -0.384 e. The highest BCUT2D eigenvalue weighted by Crippen LogP contribution is 2.26. The molecule has 0 fully saturated rings. The Morgan fingerprint density at radius 1 is 1.25 bits per heavy atom. The number of nitrogens with zero attached hydrogens (tertiary/aromatic N) is 2. The van der Waals surface area contributed by atoms with Gasteiger partial charge in [-0.05, 0) is 26.7 Å². The molecule has 0 aliphatic carbocycles. The predicted molar refractivity (Wildman–Crippen MR) is 69.7 cm³/mol. The minimum atomic E-state index is 0.389. The number of aromatic nitrogens is 2. The van der Waals surface area contributed by atoms with E-state index in [0.29, 0.717) is 12.0 Å². The third kappa shape index (κ3) is 2.57. The zero-order chi connectivity index (χ0) is 12.3. The lowest BCUT2D eigenvalue weighted by atomic mass is 10.2. The zero-order valence-electron chi connectivity index (χ0n) is 11.2. The van der Waals surface area contributed by atoms with Crippen molar-refractivity contribution in [1.82, 2.24) is 9.55 Å². The first kappa shape index (κ1) is 13.1. The van der Waals surface area contributed by atoms with Crippen molar-refractivity contribution in [3.8, 4) is 0 Å². The second kappa shape index (κ2) is 5.37. The second-order valence-corrected chi connectivity index (χ2v) is 5.02. The van der Waals surface area contributed by atoms with Gasteiger partial charge in [-0.2, -0.15) is 0 Å². The van der Waals surface area contributed by atoms with E-state index in [2.05, 4.69) is 39.2 Å². The van der Waals surface area contributed by atoms with E-state index in [1.807, 2.05) is 0 Å². The average molecular weight is 223 g/mol. The standard InChI is InChI=1S/C13H25N3/c1-6-7-8-11-12(14)16(10(4)5)13(15-11)9(2)3/h9-10H,6-8,14H2,1-5H3. The van der Waals surface area contributed by atoms with Crippen LogP contribution in [0, 0.1) is 0 Å². The lowest BCUT2D eigenvalue weighted by Gasteiger charge is -2.15. The molecule has 0 bridgehead atoms. The van der Waals surface area contributed by atoms with E-state index in [1.54, 1.807) is 0 Å². The quantitative estimate of drug-likeness (QED) is 0.830. The van der Waals surface area contributed by atoms with E-state index < -0.39 is 0 Å². The fourth-order valence-electron chi connectivity index (χ4n) is 1.99. The summed E-state index contributed by atoms with van der Waals surface area (Å²) in [7, 11) is 0. The molecular formula is C13H25N3. The van der Waals surface area contributed by atoms with Crippen LogP contribution in [0.1, 0.15) is 70.9 Å². The van der Waals surface area contributed by atoms with E-state index in [1.165, 1.54) is 6.42 Å². The molecule has 1 rings (SSSR count). The Morgan fingerprint density at radius 2 is 1.88 bits per heavy atom. The topological polar surface area (TPSA) is 43.8 Å². The van der Waals surface area contributed by atoms with Crippen molar-refractivity contribution < 1.29 is 0 Å². The lowest BCUT2D eigenvalue weighted by Crippen LogP contribution is -2.10.